The number of fused-ring (bicyclic) bond motifs is 1. The van der Waals surface area contributed by atoms with Crippen LogP contribution in [0.4, 0.5) is 5.69 Å². The van der Waals surface area contributed by atoms with E-state index in [-0.39, 0.29) is 17.4 Å². The fourth-order valence-corrected chi connectivity index (χ4v) is 3.53. The van der Waals surface area contributed by atoms with Gasteiger partial charge in [-0.05, 0) is 50.5 Å². The minimum absolute atomic E-state index is 0.0572. The Morgan fingerprint density at radius 2 is 1.90 bits per heavy atom. The number of aliphatic imine (C=N–C) groups is 1. The molecule has 0 saturated heterocycles. The topological polar surface area (TPSA) is 74.8 Å². The summed E-state index contributed by atoms with van der Waals surface area (Å²) in [4.78, 5) is 16.8. The second kappa shape index (κ2) is 10.4. The van der Waals surface area contributed by atoms with Crippen molar-refractivity contribution >= 4 is 17.6 Å². The van der Waals surface area contributed by atoms with Crippen molar-refractivity contribution in [2.45, 2.75) is 58.8 Å². The molecule has 0 fully saturated rings. The van der Waals surface area contributed by atoms with Crippen molar-refractivity contribution < 1.29 is 9.53 Å². The van der Waals surface area contributed by atoms with Gasteiger partial charge in [0.15, 0.2) is 5.96 Å². The van der Waals surface area contributed by atoms with Crippen molar-refractivity contribution in [2.24, 2.45) is 4.99 Å². The van der Waals surface area contributed by atoms with Crippen molar-refractivity contribution in [3.8, 4) is 0 Å². The number of anilines is 1. The van der Waals surface area contributed by atoms with E-state index in [9.17, 15) is 4.79 Å². The molecule has 1 heterocycles. The molecule has 1 aliphatic rings. The normalized spacial score (nSPS) is 16.5. The Morgan fingerprint density at radius 3 is 2.68 bits per heavy atom. The maximum atomic E-state index is 12.1. The zero-order valence-electron chi connectivity index (χ0n) is 19.0. The van der Waals surface area contributed by atoms with Crippen LogP contribution in [-0.2, 0) is 22.7 Å². The molecule has 0 aromatic heterocycles. The SMILES string of the molecule is CCNC(=NCc1cccc(COC(C)(C)C)c1)NCC1CC(=O)Nc2ccccc21. The summed E-state index contributed by atoms with van der Waals surface area (Å²) in [5.41, 5.74) is 4.18. The highest BCUT2D eigenvalue weighted by Gasteiger charge is 2.24. The third-order valence-electron chi connectivity index (χ3n) is 5.05. The minimum Gasteiger partial charge on any atom is -0.371 e. The van der Waals surface area contributed by atoms with Crippen LogP contribution in [0.25, 0.3) is 0 Å². The van der Waals surface area contributed by atoms with E-state index >= 15 is 0 Å². The molecule has 166 valence electrons. The molecular formula is C25H34N4O2. The number of guanidine groups is 1. The summed E-state index contributed by atoms with van der Waals surface area (Å²) in [7, 11) is 0. The van der Waals surface area contributed by atoms with Crippen molar-refractivity contribution in [1.29, 1.82) is 0 Å². The van der Waals surface area contributed by atoms with Crippen molar-refractivity contribution in [3.05, 3.63) is 65.2 Å². The first-order chi connectivity index (χ1) is 14.8. The van der Waals surface area contributed by atoms with Crippen LogP contribution >= 0.6 is 0 Å². The monoisotopic (exact) mass is 422 g/mol. The van der Waals surface area contributed by atoms with Crippen LogP contribution in [0.15, 0.2) is 53.5 Å². The summed E-state index contributed by atoms with van der Waals surface area (Å²) in [5, 5.41) is 9.67. The lowest BCUT2D eigenvalue weighted by molar-refractivity contribution is -0.116. The molecule has 31 heavy (non-hydrogen) atoms. The molecule has 0 bridgehead atoms. The average molecular weight is 423 g/mol. The number of para-hydroxylation sites is 1. The van der Waals surface area contributed by atoms with Gasteiger partial charge in [-0.1, -0.05) is 42.5 Å². The van der Waals surface area contributed by atoms with Gasteiger partial charge in [-0.2, -0.15) is 0 Å². The number of benzene rings is 2. The standard InChI is InChI=1S/C25H34N4O2/c1-5-26-24(27-15-18-9-8-10-19(13-18)17-31-25(2,3)4)28-16-20-14-23(30)29-22-12-7-6-11-21(20)22/h6-13,20H,5,14-17H2,1-4H3,(H,29,30)(H2,26,27,28). The predicted molar refractivity (Wildman–Crippen MR) is 126 cm³/mol. The van der Waals surface area contributed by atoms with Gasteiger partial charge in [-0.15, -0.1) is 0 Å². The Kier molecular flexibility index (Phi) is 7.69. The number of amides is 1. The molecule has 6 heteroatoms. The smallest absolute Gasteiger partial charge is 0.225 e. The van der Waals surface area contributed by atoms with Crippen LogP contribution in [0.5, 0.6) is 0 Å². The van der Waals surface area contributed by atoms with E-state index in [2.05, 4.69) is 61.0 Å². The van der Waals surface area contributed by atoms with Crippen molar-refractivity contribution in [1.82, 2.24) is 10.6 Å². The summed E-state index contributed by atoms with van der Waals surface area (Å²) >= 11 is 0. The molecule has 3 N–H and O–H groups in total. The summed E-state index contributed by atoms with van der Waals surface area (Å²) in [6, 6.07) is 16.3. The first kappa shape index (κ1) is 22.8. The molecule has 6 nitrogen and oxygen atoms in total. The van der Waals surface area contributed by atoms with Gasteiger partial charge in [-0.3, -0.25) is 4.79 Å². The number of carbonyl (C=O) groups is 1. The van der Waals surface area contributed by atoms with Gasteiger partial charge < -0.3 is 20.7 Å². The highest BCUT2D eigenvalue weighted by atomic mass is 16.5. The van der Waals surface area contributed by atoms with Crippen LogP contribution in [0.1, 0.15) is 56.7 Å². The molecule has 0 saturated carbocycles. The molecule has 1 unspecified atom stereocenters. The quantitative estimate of drug-likeness (QED) is 0.462. The van der Waals surface area contributed by atoms with E-state index in [1.165, 1.54) is 0 Å². The van der Waals surface area contributed by atoms with Gasteiger partial charge in [0.1, 0.15) is 0 Å². The molecule has 0 radical (unpaired) electrons. The highest BCUT2D eigenvalue weighted by molar-refractivity contribution is 5.94. The lowest BCUT2D eigenvalue weighted by atomic mass is 9.90. The van der Waals surface area contributed by atoms with Crippen LogP contribution in [0, 0.1) is 0 Å². The summed E-state index contributed by atoms with van der Waals surface area (Å²) in [6.45, 7) is 10.8. The Morgan fingerprint density at radius 1 is 1.13 bits per heavy atom. The summed E-state index contributed by atoms with van der Waals surface area (Å²) in [5.74, 6) is 0.927. The van der Waals surface area contributed by atoms with E-state index in [0.29, 0.717) is 26.1 Å². The maximum absolute atomic E-state index is 12.1. The van der Waals surface area contributed by atoms with Gasteiger partial charge in [0.2, 0.25) is 5.91 Å². The number of hydrogen-bond acceptors (Lipinski definition) is 3. The molecule has 2 aromatic rings. The third kappa shape index (κ3) is 7.10. The predicted octanol–water partition coefficient (Wildman–Crippen LogP) is 4.18. The van der Waals surface area contributed by atoms with Crippen molar-refractivity contribution in [3.63, 3.8) is 0 Å². The zero-order chi connectivity index (χ0) is 22.3. The first-order valence-corrected chi connectivity index (χ1v) is 11.0. The number of nitrogens with zero attached hydrogens (tertiary/aromatic N) is 1. The zero-order valence-corrected chi connectivity index (χ0v) is 19.0. The van der Waals surface area contributed by atoms with Crippen molar-refractivity contribution in [2.75, 3.05) is 18.4 Å². The molecule has 1 amide bonds. The number of carbonyl (C=O) groups excluding carboxylic acids is 1. The minimum atomic E-state index is -0.162. The molecule has 2 aromatic carbocycles. The summed E-state index contributed by atoms with van der Waals surface area (Å²) < 4.78 is 5.88. The van der Waals surface area contributed by atoms with Gasteiger partial charge in [-0.25, -0.2) is 4.99 Å². The lowest BCUT2D eigenvalue weighted by Crippen LogP contribution is -2.40. The Bertz CT molecular complexity index is 918. The number of ether oxygens (including phenoxy) is 1. The Balaban J connectivity index is 1.63. The van der Waals surface area contributed by atoms with Crippen LogP contribution < -0.4 is 16.0 Å². The molecule has 1 aliphatic heterocycles. The van der Waals surface area contributed by atoms with E-state index in [1.807, 2.05) is 31.2 Å². The molecule has 1 atom stereocenters. The van der Waals surface area contributed by atoms with E-state index in [1.54, 1.807) is 0 Å². The fraction of sp³-hybridized carbons (Fsp3) is 0.440. The van der Waals surface area contributed by atoms with E-state index < -0.39 is 0 Å². The molecular weight excluding hydrogens is 388 g/mol. The van der Waals surface area contributed by atoms with Crippen LogP contribution in [0.3, 0.4) is 0 Å². The number of hydrogen-bond donors (Lipinski definition) is 3. The largest absolute Gasteiger partial charge is 0.371 e. The summed E-state index contributed by atoms with van der Waals surface area (Å²) in [6.07, 6.45) is 0.471. The van der Waals surface area contributed by atoms with Gasteiger partial charge >= 0.3 is 0 Å². The number of rotatable bonds is 7. The second-order valence-electron chi connectivity index (χ2n) is 8.83. The second-order valence-corrected chi connectivity index (χ2v) is 8.83. The van der Waals surface area contributed by atoms with Crippen LogP contribution in [0.2, 0.25) is 0 Å². The van der Waals surface area contributed by atoms with Crippen LogP contribution in [-0.4, -0.2) is 30.6 Å². The van der Waals surface area contributed by atoms with Gasteiger partial charge in [0, 0.05) is 31.1 Å². The van der Waals surface area contributed by atoms with E-state index in [0.717, 1.165) is 34.9 Å². The Labute approximate surface area is 185 Å². The Hall–Kier alpha value is -2.86. The van der Waals surface area contributed by atoms with E-state index in [4.69, 9.17) is 9.73 Å². The fourth-order valence-electron chi connectivity index (χ4n) is 3.53. The molecule has 3 rings (SSSR count). The maximum Gasteiger partial charge on any atom is 0.225 e. The number of nitrogens with one attached hydrogen (secondary N) is 3. The average Bonchev–Trinajstić information content (AvgIpc) is 2.73. The molecule has 0 aliphatic carbocycles. The highest BCUT2D eigenvalue weighted by Crippen LogP contribution is 2.31. The first-order valence-electron chi connectivity index (χ1n) is 11.0. The van der Waals surface area contributed by atoms with Gasteiger partial charge in [0.25, 0.3) is 0 Å². The third-order valence-corrected chi connectivity index (χ3v) is 5.05. The molecule has 0 spiro atoms. The lowest BCUT2D eigenvalue weighted by Gasteiger charge is -2.26. The van der Waals surface area contributed by atoms with Gasteiger partial charge in [0.05, 0.1) is 18.8 Å².